The molecule has 0 amide bonds. The first-order chi connectivity index (χ1) is 7.76. The number of halogens is 2. The van der Waals surface area contributed by atoms with E-state index < -0.39 is 0 Å². The highest BCUT2D eigenvalue weighted by Gasteiger charge is 2.01. The van der Waals surface area contributed by atoms with Crippen LogP contribution in [-0.4, -0.2) is 13.2 Å². The molecule has 0 unspecified atom stereocenters. The second-order valence-corrected chi connectivity index (χ2v) is 3.50. The van der Waals surface area contributed by atoms with Crippen LogP contribution in [0.1, 0.15) is 12.5 Å². The molecule has 88 valence electrons. The van der Waals surface area contributed by atoms with Crippen LogP contribution in [0.2, 0.25) is 0 Å². The van der Waals surface area contributed by atoms with Crippen molar-refractivity contribution in [1.29, 1.82) is 0 Å². The van der Waals surface area contributed by atoms with Gasteiger partial charge in [0.2, 0.25) is 0 Å². The minimum absolute atomic E-state index is 0.291. The third-order valence-electron chi connectivity index (χ3n) is 1.95. The zero-order valence-electron chi connectivity index (χ0n) is 9.17. The van der Waals surface area contributed by atoms with Gasteiger partial charge in [-0.2, -0.15) is 0 Å². The molecule has 4 heteroatoms. The number of benzene rings is 1. The highest BCUT2D eigenvalue weighted by molar-refractivity contribution is 6.25. The third-order valence-corrected chi connectivity index (χ3v) is 2.12. The molecule has 0 aliphatic rings. The fourth-order valence-corrected chi connectivity index (χ4v) is 1.33. The summed E-state index contributed by atoms with van der Waals surface area (Å²) in [6.07, 6.45) is 1.65. The van der Waals surface area contributed by atoms with Gasteiger partial charge in [0.1, 0.15) is 18.2 Å². The molecule has 0 fully saturated rings. The molecule has 0 aromatic heterocycles. The minimum Gasteiger partial charge on any atom is -0.489 e. The van der Waals surface area contributed by atoms with Crippen LogP contribution in [0.15, 0.2) is 29.8 Å². The smallest absolute Gasteiger partial charge is 0.127 e. The van der Waals surface area contributed by atoms with Crippen LogP contribution >= 0.6 is 11.6 Å². The Morgan fingerprint density at radius 2 is 2.25 bits per heavy atom. The van der Waals surface area contributed by atoms with Crippen LogP contribution in [0.25, 0.3) is 0 Å². The van der Waals surface area contributed by atoms with E-state index in [0.29, 0.717) is 18.9 Å². The maximum absolute atomic E-state index is 13.2. The van der Waals surface area contributed by atoms with Gasteiger partial charge in [0.05, 0.1) is 0 Å². The van der Waals surface area contributed by atoms with Crippen molar-refractivity contribution in [2.45, 2.75) is 13.5 Å². The van der Waals surface area contributed by atoms with Crippen molar-refractivity contribution in [3.05, 3.63) is 41.2 Å². The fourth-order valence-electron chi connectivity index (χ4n) is 1.26. The average molecular weight is 244 g/mol. The number of rotatable bonds is 6. The first kappa shape index (κ1) is 13.0. The van der Waals surface area contributed by atoms with Crippen LogP contribution < -0.4 is 10.1 Å². The van der Waals surface area contributed by atoms with Gasteiger partial charge in [-0.25, -0.2) is 4.39 Å². The zero-order valence-corrected chi connectivity index (χ0v) is 9.93. The van der Waals surface area contributed by atoms with Crippen molar-refractivity contribution in [1.82, 2.24) is 5.32 Å². The van der Waals surface area contributed by atoms with E-state index in [9.17, 15) is 4.39 Å². The molecule has 1 N–H and O–H groups in total. The summed E-state index contributed by atoms with van der Waals surface area (Å²) in [5, 5.41) is 3.13. The van der Waals surface area contributed by atoms with E-state index in [-0.39, 0.29) is 5.82 Å². The topological polar surface area (TPSA) is 21.3 Å². The van der Waals surface area contributed by atoms with Crippen LogP contribution in [0, 0.1) is 5.82 Å². The van der Waals surface area contributed by atoms with E-state index in [4.69, 9.17) is 16.3 Å². The van der Waals surface area contributed by atoms with Crippen LogP contribution in [0.3, 0.4) is 0 Å². The molecule has 1 rings (SSSR count). The number of ether oxygens (including phenoxy) is 1. The summed E-state index contributed by atoms with van der Waals surface area (Å²) in [6.45, 7) is 3.83. The van der Waals surface area contributed by atoms with Crippen molar-refractivity contribution in [3.63, 3.8) is 0 Å². The molecular weight excluding hydrogens is 229 g/mol. The zero-order chi connectivity index (χ0) is 11.8. The fraction of sp³-hybridized carbons (Fsp3) is 0.333. The lowest BCUT2D eigenvalue weighted by atomic mass is 10.2. The Hall–Kier alpha value is -1.06. The predicted molar refractivity (Wildman–Crippen MR) is 64.3 cm³/mol. The molecule has 2 nitrogen and oxygen atoms in total. The minimum atomic E-state index is -0.291. The van der Waals surface area contributed by atoms with Gasteiger partial charge in [-0.1, -0.05) is 18.5 Å². The Morgan fingerprint density at radius 1 is 1.44 bits per heavy atom. The van der Waals surface area contributed by atoms with Gasteiger partial charge in [0.25, 0.3) is 0 Å². The highest BCUT2D eigenvalue weighted by Crippen LogP contribution is 2.16. The quantitative estimate of drug-likeness (QED) is 0.829. The van der Waals surface area contributed by atoms with E-state index in [1.165, 1.54) is 17.7 Å². The third kappa shape index (κ3) is 4.64. The Labute approximate surface area is 100 Å². The van der Waals surface area contributed by atoms with Crippen molar-refractivity contribution in [2.24, 2.45) is 0 Å². The van der Waals surface area contributed by atoms with Crippen molar-refractivity contribution in [2.75, 3.05) is 13.2 Å². The SMILES string of the molecule is CCNCc1cc(F)cc(OC/C=C/Cl)c1. The molecule has 0 aliphatic heterocycles. The number of nitrogens with one attached hydrogen (secondary N) is 1. The van der Waals surface area contributed by atoms with E-state index in [0.717, 1.165) is 12.1 Å². The van der Waals surface area contributed by atoms with E-state index in [1.54, 1.807) is 6.08 Å². The summed E-state index contributed by atoms with van der Waals surface area (Å²) < 4.78 is 18.5. The summed E-state index contributed by atoms with van der Waals surface area (Å²) in [4.78, 5) is 0. The van der Waals surface area contributed by atoms with Crippen LogP contribution in [-0.2, 0) is 6.54 Å². The number of hydrogen-bond acceptors (Lipinski definition) is 2. The molecule has 0 saturated carbocycles. The monoisotopic (exact) mass is 243 g/mol. The first-order valence-corrected chi connectivity index (χ1v) is 5.58. The maximum Gasteiger partial charge on any atom is 0.127 e. The van der Waals surface area contributed by atoms with Gasteiger partial charge < -0.3 is 10.1 Å². The summed E-state index contributed by atoms with van der Waals surface area (Å²) in [6, 6.07) is 4.66. The summed E-state index contributed by atoms with van der Waals surface area (Å²) in [5.41, 5.74) is 2.24. The second-order valence-electron chi connectivity index (χ2n) is 3.25. The lowest BCUT2D eigenvalue weighted by Crippen LogP contribution is -2.12. The van der Waals surface area contributed by atoms with Gasteiger partial charge in [-0.05, 0) is 30.3 Å². The van der Waals surface area contributed by atoms with E-state index in [1.807, 2.05) is 13.0 Å². The van der Waals surface area contributed by atoms with Gasteiger partial charge in [-0.15, -0.1) is 0 Å². The lowest BCUT2D eigenvalue weighted by molar-refractivity contribution is 0.360. The highest BCUT2D eigenvalue weighted by atomic mass is 35.5. The molecule has 0 bridgehead atoms. The Morgan fingerprint density at radius 3 is 2.94 bits per heavy atom. The second kappa shape index (κ2) is 7.25. The van der Waals surface area contributed by atoms with Crippen molar-refractivity contribution >= 4 is 11.6 Å². The van der Waals surface area contributed by atoms with Crippen LogP contribution in [0.5, 0.6) is 5.75 Å². The van der Waals surface area contributed by atoms with Gasteiger partial charge in [-0.3, -0.25) is 0 Å². The lowest BCUT2D eigenvalue weighted by Gasteiger charge is -2.07. The summed E-state index contributed by atoms with van der Waals surface area (Å²) >= 11 is 5.35. The molecule has 0 saturated heterocycles. The summed E-state index contributed by atoms with van der Waals surface area (Å²) in [7, 11) is 0. The standard InChI is InChI=1S/C12H15ClFNO/c1-2-15-9-10-6-11(14)8-12(7-10)16-5-3-4-13/h3-4,6-8,15H,2,5,9H2,1H3/b4-3+. The molecule has 0 atom stereocenters. The molecule has 1 aromatic rings. The van der Waals surface area contributed by atoms with Crippen molar-refractivity contribution in [3.8, 4) is 5.75 Å². The Kier molecular flexibility index (Phi) is 5.90. The molecule has 16 heavy (non-hydrogen) atoms. The average Bonchev–Trinajstić information content (AvgIpc) is 2.26. The van der Waals surface area contributed by atoms with Crippen LogP contribution in [0.4, 0.5) is 4.39 Å². The first-order valence-electron chi connectivity index (χ1n) is 5.14. The molecular formula is C12H15ClFNO. The van der Waals surface area contributed by atoms with E-state index >= 15 is 0 Å². The maximum atomic E-state index is 13.2. The predicted octanol–water partition coefficient (Wildman–Crippen LogP) is 3.07. The Bertz CT molecular complexity index is 355. The summed E-state index contributed by atoms with van der Waals surface area (Å²) in [5.74, 6) is 0.225. The largest absolute Gasteiger partial charge is 0.489 e. The molecule has 1 aromatic carbocycles. The van der Waals surface area contributed by atoms with Gasteiger partial charge >= 0.3 is 0 Å². The van der Waals surface area contributed by atoms with Crippen molar-refractivity contribution < 1.29 is 9.13 Å². The molecule has 0 heterocycles. The van der Waals surface area contributed by atoms with Gasteiger partial charge in [0.15, 0.2) is 0 Å². The number of hydrogen-bond donors (Lipinski definition) is 1. The molecule has 0 aliphatic carbocycles. The molecule has 0 spiro atoms. The Balaban J connectivity index is 2.65. The van der Waals surface area contributed by atoms with Gasteiger partial charge in [0, 0.05) is 18.1 Å². The van der Waals surface area contributed by atoms with E-state index in [2.05, 4.69) is 5.32 Å². The molecule has 0 radical (unpaired) electrons. The normalized spacial score (nSPS) is 10.9.